The Morgan fingerprint density at radius 3 is 2.39 bits per heavy atom. The Morgan fingerprint density at radius 1 is 1.05 bits per heavy atom. The predicted molar refractivity (Wildman–Crippen MR) is 135 cm³/mol. The Balaban J connectivity index is 0.000000317. The van der Waals surface area contributed by atoms with Crippen molar-refractivity contribution in [1.29, 1.82) is 0 Å². The molecular formula is C25H24ClN3O8S. The van der Waals surface area contributed by atoms with Gasteiger partial charge < -0.3 is 10.2 Å². The minimum absolute atomic E-state index is 0.000787. The van der Waals surface area contributed by atoms with Crippen molar-refractivity contribution >= 4 is 50.5 Å². The normalized spacial score (nSPS) is 23.0. The minimum Gasteiger partial charge on any atom is -0.356 e. The zero-order valence-electron chi connectivity index (χ0n) is 20.1. The van der Waals surface area contributed by atoms with Gasteiger partial charge in [-0.2, -0.15) is 0 Å². The first-order chi connectivity index (χ1) is 18.0. The number of non-ortho nitro benzene ring substituents is 1. The van der Waals surface area contributed by atoms with Crippen LogP contribution in [0.5, 0.6) is 0 Å². The van der Waals surface area contributed by atoms with Crippen molar-refractivity contribution in [3.05, 3.63) is 69.2 Å². The second-order valence-electron chi connectivity index (χ2n) is 9.25. The first-order valence-corrected chi connectivity index (χ1v) is 13.7. The van der Waals surface area contributed by atoms with E-state index in [4.69, 9.17) is 11.6 Å². The number of nitrogens with zero attached hydrogens (tertiary/aromatic N) is 2. The average Bonchev–Trinajstić information content (AvgIpc) is 2.96. The largest absolute Gasteiger partial charge is 0.356 e. The van der Waals surface area contributed by atoms with Gasteiger partial charge in [-0.05, 0) is 36.2 Å². The summed E-state index contributed by atoms with van der Waals surface area (Å²) in [6, 6.07) is 11.2. The number of sulfone groups is 1. The van der Waals surface area contributed by atoms with Crippen molar-refractivity contribution in [2.45, 2.75) is 41.9 Å². The molecule has 3 saturated heterocycles. The first kappa shape index (κ1) is 27.4. The van der Waals surface area contributed by atoms with E-state index < -0.39 is 43.7 Å². The molecule has 2 atom stereocenters. The van der Waals surface area contributed by atoms with E-state index in [1.807, 2.05) is 0 Å². The zero-order chi connectivity index (χ0) is 27.7. The summed E-state index contributed by atoms with van der Waals surface area (Å²) < 4.78 is 26.6. The number of ketones is 2. The maximum absolute atomic E-state index is 13.3. The number of rotatable bonds is 5. The average molecular weight is 562 g/mol. The van der Waals surface area contributed by atoms with Gasteiger partial charge in [0.05, 0.1) is 16.2 Å². The molecule has 1 N–H and O–H groups in total. The number of Topliss-reactive ketones (excluding diaryl/α,β-unsaturated/α-hetero) is 2. The Kier molecular flexibility index (Phi) is 7.65. The molecule has 0 bridgehead atoms. The summed E-state index contributed by atoms with van der Waals surface area (Å²) in [6.07, 6.45) is 1.15. The van der Waals surface area contributed by atoms with E-state index >= 15 is 0 Å². The molecule has 38 heavy (non-hydrogen) atoms. The highest BCUT2D eigenvalue weighted by Gasteiger charge is 2.70. The van der Waals surface area contributed by atoms with E-state index in [1.165, 1.54) is 0 Å². The van der Waals surface area contributed by atoms with Gasteiger partial charge in [0.1, 0.15) is 5.78 Å². The molecule has 0 radical (unpaired) electrons. The lowest BCUT2D eigenvalue weighted by atomic mass is 9.93. The van der Waals surface area contributed by atoms with E-state index in [2.05, 4.69) is 5.32 Å². The molecule has 200 valence electrons. The fourth-order valence-electron chi connectivity index (χ4n) is 4.83. The lowest BCUT2D eigenvalue weighted by Crippen LogP contribution is -2.67. The number of fused-ring (bicyclic) bond motifs is 1. The third-order valence-electron chi connectivity index (χ3n) is 6.82. The highest BCUT2D eigenvalue weighted by Crippen LogP contribution is 2.48. The molecule has 13 heteroatoms. The SMILES string of the molecule is O=C1CC2(S(=O)(=O)c3ccc([N+](=O)[O-])cc3)C(=O)C(Cc3cccc(Cl)c3)CN12.O=C1CCNC(=O)CC1. The molecule has 3 fully saturated rings. The van der Waals surface area contributed by atoms with Crippen LogP contribution in [0, 0.1) is 16.0 Å². The van der Waals surface area contributed by atoms with Crippen LogP contribution in [0.25, 0.3) is 0 Å². The molecule has 0 aliphatic carbocycles. The maximum atomic E-state index is 13.3. The number of hydrogen-bond acceptors (Lipinski definition) is 8. The molecule has 0 spiro atoms. The fourth-order valence-corrected chi connectivity index (χ4v) is 7.13. The van der Waals surface area contributed by atoms with Gasteiger partial charge in [-0.15, -0.1) is 0 Å². The first-order valence-electron chi connectivity index (χ1n) is 11.8. The van der Waals surface area contributed by atoms with Crippen LogP contribution in [0.15, 0.2) is 53.4 Å². The number of carbonyl (C=O) groups excluding carboxylic acids is 4. The van der Waals surface area contributed by atoms with Crippen LogP contribution in [-0.4, -0.2) is 59.6 Å². The molecule has 5 rings (SSSR count). The van der Waals surface area contributed by atoms with E-state index in [0.29, 0.717) is 30.8 Å². The monoisotopic (exact) mass is 561 g/mol. The fraction of sp³-hybridized carbons (Fsp3) is 0.360. The van der Waals surface area contributed by atoms with Crippen LogP contribution in [0.3, 0.4) is 0 Å². The van der Waals surface area contributed by atoms with Gasteiger partial charge in [0.25, 0.3) is 5.69 Å². The number of β-lactam (4-membered cyclic amide) rings is 1. The third kappa shape index (κ3) is 5.05. The summed E-state index contributed by atoms with van der Waals surface area (Å²) in [6.45, 7) is 0.536. The molecule has 0 aromatic heterocycles. The van der Waals surface area contributed by atoms with Gasteiger partial charge >= 0.3 is 0 Å². The molecule has 2 aromatic carbocycles. The number of carbonyl (C=O) groups is 4. The van der Waals surface area contributed by atoms with Gasteiger partial charge in [0.2, 0.25) is 26.5 Å². The Hall–Kier alpha value is -3.64. The summed E-state index contributed by atoms with van der Waals surface area (Å²) in [5, 5.41) is 13.9. The third-order valence-corrected chi connectivity index (χ3v) is 9.40. The number of benzene rings is 2. The number of halogens is 1. The van der Waals surface area contributed by atoms with Crippen molar-refractivity contribution < 1.29 is 32.5 Å². The predicted octanol–water partition coefficient (Wildman–Crippen LogP) is 2.25. The molecule has 3 aliphatic heterocycles. The van der Waals surface area contributed by atoms with Crippen molar-refractivity contribution in [3.8, 4) is 0 Å². The quantitative estimate of drug-likeness (QED) is 0.330. The van der Waals surface area contributed by atoms with Crippen molar-refractivity contribution in [2.75, 3.05) is 13.1 Å². The second kappa shape index (κ2) is 10.6. The number of hydrogen-bond donors (Lipinski definition) is 1. The number of nitrogens with one attached hydrogen (secondary N) is 1. The summed E-state index contributed by atoms with van der Waals surface area (Å²) in [4.78, 5) is 55.7. The smallest absolute Gasteiger partial charge is 0.269 e. The van der Waals surface area contributed by atoms with Crippen molar-refractivity contribution in [3.63, 3.8) is 0 Å². The van der Waals surface area contributed by atoms with Crippen LogP contribution in [0.1, 0.15) is 31.2 Å². The van der Waals surface area contributed by atoms with Gasteiger partial charge in [0, 0.05) is 55.4 Å². The molecule has 2 amide bonds. The molecule has 11 nitrogen and oxygen atoms in total. The van der Waals surface area contributed by atoms with Gasteiger partial charge in [-0.1, -0.05) is 23.7 Å². The van der Waals surface area contributed by atoms with E-state index in [1.54, 1.807) is 24.3 Å². The number of amides is 2. The van der Waals surface area contributed by atoms with Crippen LogP contribution >= 0.6 is 11.6 Å². The second-order valence-corrected chi connectivity index (χ2v) is 11.8. The van der Waals surface area contributed by atoms with Gasteiger partial charge in [0.15, 0.2) is 5.78 Å². The Morgan fingerprint density at radius 2 is 1.76 bits per heavy atom. The maximum Gasteiger partial charge on any atom is 0.269 e. The van der Waals surface area contributed by atoms with Crippen molar-refractivity contribution in [2.24, 2.45) is 5.92 Å². The summed E-state index contributed by atoms with van der Waals surface area (Å²) in [5.41, 5.74) is 0.508. The summed E-state index contributed by atoms with van der Waals surface area (Å²) in [5.74, 6) is -1.42. The molecule has 3 heterocycles. The highest BCUT2D eigenvalue weighted by atomic mass is 35.5. The molecular weight excluding hydrogens is 538 g/mol. The molecule has 3 aliphatic rings. The van der Waals surface area contributed by atoms with Gasteiger partial charge in [-0.3, -0.25) is 29.3 Å². The lowest BCUT2D eigenvalue weighted by molar-refractivity contribution is -0.384. The number of nitro groups is 1. The minimum atomic E-state index is -4.25. The van der Waals surface area contributed by atoms with E-state index in [9.17, 15) is 37.7 Å². The number of nitro benzene ring substituents is 1. The zero-order valence-corrected chi connectivity index (χ0v) is 21.7. The summed E-state index contributed by atoms with van der Waals surface area (Å²) >= 11 is 5.98. The molecule has 2 unspecified atom stereocenters. The Labute approximate surface area is 223 Å². The van der Waals surface area contributed by atoms with Crippen LogP contribution in [-0.2, 0) is 35.4 Å². The molecule has 0 saturated carbocycles. The molecule has 2 aromatic rings. The Bertz CT molecular complexity index is 1410. The topological polar surface area (TPSA) is 161 Å². The van der Waals surface area contributed by atoms with Gasteiger partial charge in [-0.25, -0.2) is 8.42 Å². The van der Waals surface area contributed by atoms with Crippen LogP contribution in [0.2, 0.25) is 5.02 Å². The summed E-state index contributed by atoms with van der Waals surface area (Å²) in [7, 11) is -4.25. The highest BCUT2D eigenvalue weighted by molar-refractivity contribution is 7.93. The standard InChI is InChI=1S/C19H15ClN2O6S.C6H9NO2/c20-14-3-1-2-12(9-14)8-13-11-21-17(23)10-19(21,18(13)24)29(27,28)16-6-4-15(5-7-16)22(25)26;8-5-1-2-6(9)7-4-3-5/h1-7,9,13H,8,10-11H2;1-4H2,(H,7,9). The lowest BCUT2D eigenvalue weighted by Gasteiger charge is -2.44. The van der Waals surface area contributed by atoms with E-state index in [0.717, 1.165) is 34.7 Å². The van der Waals surface area contributed by atoms with E-state index in [-0.39, 0.29) is 35.2 Å². The van der Waals surface area contributed by atoms with Crippen LogP contribution < -0.4 is 5.32 Å². The van der Waals surface area contributed by atoms with Crippen LogP contribution in [0.4, 0.5) is 5.69 Å². The van der Waals surface area contributed by atoms with Crippen molar-refractivity contribution in [1.82, 2.24) is 10.2 Å².